The summed E-state index contributed by atoms with van der Waals surface area (Å²) in [5.74, 6) is 0.721. The van der Waals surface area contributed by atoms with Crippen LogP contribution in [0.5, 0.6) is 11.5 Å². The topological polar surface area (TPSA) is 67.9 Å². The van der Waals surface area contributed by atoms with Gasteiger partial charge in [0, 0.05) is 12.6 Å². The first-order chi connectivity index (χ1) is 11.1. The van der Waals surface area contributed by atoms with Crippen molar-refractivity contribution in [1.82, 2.24) is 0 Å². The summed E-state index contributed by atoms with van der Waals surface area (Å²) in [7, 11) is 3.20. The van der Waals surface area contributed by atoms with Gasteiger partial charge in [-0.1, -0.05) is 12.1 Å². The highest BCUT2D eigenvalue weighted by atomic mass is 16.5. The normalized spacial score (nSPS) is 13.1. The zero-order chi connectivity index (χ0) is 16.4. The first-order valence-corrected chi connectivity index (χ1v) is 7.08. The maximum atomic E-state index is 12.4. The Morgan fingerprint density at radius 2 is 2.04 bits per heavy atom. The van der Waals surface area contributed by atoms with Crippen molar-refractivity contribution in [3.63, 3.8) is 0 Å². The molecule has 2 aromatic carbocycles. The van der Waals surface area contributed by atoms with E-state index in [1.807, 2.05) is 12.1 Å². The number of para-hydroxylation sites is 2. The summed E-state index contributed by atoms with van der Waals surface area (Å²) in [4.78, 5) is 25.6. The van der Waals surface area contributed by atoms with Crippen LogP contribution < -0.4 is 19.7 Å². The zero-order valence-corrected chi connectivity index (χ0v) is 12.8. The molecule has 6 heteroatoms. The van der Waals surface area contributed by atoms with Crippen molar-refractivity contribution in [1.29, 1.82) is 0 Å². The summed E-state index contributed by atoms with van der Waals surface area (Å²) < 4.78 is 10.6. The number of rotatable bonds is 3. The number of hydrogen-bond donors (Lipinski definition) is 1. The van der Waals surface area contributed by atoms with Crippen LogP contribution in [0.2, 0.25) is 0 Å². The van der Waals surface area contributed by atoms with Crippen molar-refractivity contribution >= 4 is 23.2 Å². The quantitative estimate of drug-likeness (QED) is 0.944. The second-order valence-corrected chi connectivity index (χ2v) is 5.08. The standard InChI is InChI=1S/C17H16N2O4/c1-19-13-9-11(7-8-15(13)23-10-16(19)20)17(21)18-12-5-3-4-6-14(12)22-2/h3-9H,10H2,1-2H3,(H,18,21). The SMILES string of the molecule is COc1ccccc1NC(=O)c1ccc2c(c1)N(C)C(=O)CO2. The van der Waals surface area contributed by atoms with Gasteiger partial charge in [-0.3, -0.25) is 9.59 Å². The van der Waals surface area contributed by atoms with Crippen molar-refractivity contribution in [3.05, 3.63) is 48.0 Å². The number of methoxy groups -OCH3 is 1. The molecule has 0 radical (unpaired) electrons. The Bertz CT molecular complexity index is 773. The molecule has 0 saturated heterocycles. The third kappa shape index (κ3) is 2.83. The van der Waals surface area contributed by atoms with E-state index in [-0.39, 0.29) is 18.4 Å². The van der Waals surface area contributed by atoms with Gasteiger partial charge in [-0.05, 0) is 30.3 Å². The van der Waals surface area contributed by atoms with Crippen LogP contribution in [0.25, 0.3) is 0 Å². The largest absolute Gasteiger partial charge is 0.495 e. The lowest BCUT2D eigenvalue weighted by molar-refractivity contribution is -0.120. The number of fused-ring (bicyclic) bond motifs is 1. The number of anilines is 2. The lowest BCUT2D eigenvalue weighted by atomic mass is 10.1. The lowest BCUT2D eigenvalue weighted by Crippen LogP contribution is -2.35. The highest BCUT2D eigenvalue weighted by molar-refractivity contribution is 6.07. The Kier molecular flexibility index (Phi) is 3.89. The zero-order valence-electron chi connectivity index (χ0n) is 12.8. The maximum Gasteiger partial charge on any atom is 0.264 e. The van der Waals surface area contributed by atoms with E-state index in [9.17, 15) is 9.59 Å². The number of carbonyl (C=O) groups excluding carboxylic acids is 2. The third-order valence-corrected chi connectivity index (χ3v) is 3.66. The van der Waals surface area contributed by atoms with Gasteiger partial charge in [0.15, 0.2) is 6.61 Å². The highest BCUT2D eigenvalue weighted by Gasteiger charge is 2.23. The molecule has 23 heavy (non-hydrogen) atoms. The van der Waals surface area contributed by atoms with E-state index in [2.05, 4.69) is 5.32 Å². The molecule has 0 aliphatic carbocycles. The molecule has 0 atom stereocenters. The summed E-state index contributed by atoms with van der Waals surface area (Å²) >= 11 is 0. The molecule has 1 heterocycles. The molecule has 0 fully saturated rings. The third-order valence-electron chi connectivity index (χ3n) is 3.66. The second kappa shape index (κ2) is 6.00. The first-order valence-electron chi connectivity index (χ1n) is 7.08. The smallest absolute Gasteiger partial charge is 0.264 e. The van der Waals surface area contributed by atoms with E-state index in [1.54, 1.807) is 44.5 Å². The number of likely N-dealkylation sites (N-methyl/N-ethyl adjacent to an activating group) is 1. The van der Waals surface area contributed by atoms with Crippen LogP contribution in [-0.4, -0.2) is 32.6 Å². The van der Waals surface area contributed by atoms with E-state index in [4.69, 9.17) is 9.47 Å². The molecule has 0 unspecified atom stereocenters. The van der Waals surface area contributed by atoms with E-state index < -0.39 is 0 Å². The summed E-state index contributed by atoms with van der Waals surface area (Å²) in [6.07, 6.45) is 0. The lowest BCUT2D eigenvalue weighted by Gasteiger charge is -2.26. The average molecular weight is 312 g/mol. The van der Waals surface area contributed by atoms with Crippen LogP contribution in [0.1, 0.15) is 10.4 Å². The Morgan fingerprint density at radius 1 is 1.26 bits per heavy atom. The molecule has 3 rings (SSSR count). The summed E-state index contributed by atoms with van der Waals surface area (Å²) in [6, 6.07) is 12.1. The molecule has 1 aliphatic heterocycles. The van der Waals surface area contributed by atoms with Crippen molar-refractivity contribution < 1.29 is 19.1 Å². The van der Waals surface area contributed by atoms with Crippen LogP contribution >= 0.6 is 0 Å². The van der Waals surface area contributed by atoms with Crippen LogP contribution in [0.4, 0.5) is 11.4 Å². The summed E-state index contributed by atoms with van der Waals surface area (Å²) in [5, 5.41) is 2.80. The molecule has 0 aromatic heterocycles. The summed E-state index contributed by atoms with van der Waals surface area (Å²) in [5.41, 5.74) is 1.59. The molecule has 0 bridgehead atoms. The van der Waals surface area contributed by atoms with E-state index in [0.29, 0.717) is 28.4 Å². The van der Waals surface area contributed by atoms with Gasteiger partial charge in [-0.15, -0.1) is 0 Å². The molecule has 0 saturated carbocycles. The first kappa shape index (κ1) is 14.9. The number of carbonyl (C=O) groups is 2. The van der Waals surface area contributed by atoms with Gasteiger partial charge >= 0.3 is 0 Å². The summed E-state index contributed by atoms with van der Waals surface area (Å²) in [6.45, 7) is 0.0102. The molecule has 6 nitrogen and oxygen atoms in total. The number of nitrogens with zero attached hydrogens (tertiary/aromatic N) is 1. The molecule has 118 valence electrons. The molecule has 2 aromatic rings. The Morgan fingerprint density at radius 3 is 2.83 bits per heavy atom. The Balaban J connectivity index is 1.87. The van der Waals surface area contributed by atoms with E-state index in [1.165, 1.54) is 4.90 Å². The van der Waals surface area contributed by atoms with Crippen LogP contribution in [-0.2, 0) is 4.79 Å². The van der Waals surface area contributed by atoms with Gasteiger partial charge in [-0.25, -0.2) is 0 Å². The molecule has 0 spiro atoms. The molecule has 1 N–H and O–H groups in total. The molecule has 2 amide bonds. The monoisotopic (exact) mass is 312 g/mol. The van der Waals surface area contributed by atoms with Crippen molar-refractivity contribution in [2.75, 3.05) is 31.0 Å². The number of benzene rings is 2. The van der Waals surface area contributed by atoms with Gasteiger partial charge in [0.25, 0.3) is 11.8 Å². The van der Waals surface area contributed by atoms with Gasteiger partial charge in [0.1, 0.15) is 11.5 Å². The minimum absolute atomic E-state index is 0.0102. The second-order valence-electron chi connectivity index (χ2n) is 5.08. The van der Waals surface area contributed by atoms with Crippen molar-refractivity contribution in [2.45, 2.75) is 0 Å². The molecular weight excluding hydrogens is 296 g/mol. The van der Waals surface area contributed by atoms with E-state index >= 15 is 0 Å². The highest BCUT2D eigenvalue weighted by Crippen LogP contribution is 2.32. The molecule has 1 aliphatic rings. The predicted octanol–water partition coefficient (Wildman–Crippen LogP) is 2.30. The van der Waals surface area contributed by atoms with Gasteiger partial charge < -0.3 is 19.7 Å². The fraction of sp³-hybridized carbons (Fsp3) is 0.176. The fourth-order valence-electron chi connectivity index (χ4n) is 2.36. The number of hydrogen-bond acceptors (Lipinski definition) is 4. The Labute approximate surface area is 133 Å². The average Bonchev–Trinajstić information content (AvgIpc) is 2.58. The van der Waals surface area contributed by atoms with Crippen LogP contribution in [0.3, 0.4) is 0 Å². The van der Waals surface area contributed by atoms with Gasteiger partial charge in [0.05, 0.1) is 18.5 Å². The van der Waals surface area contributed by atoms with Crippen molar-refractivity contribution in [3.8, 4) is 11.5 Å². The van der Waals surface area contributed by atoms with Gasteiger partial charge in [0.2, 0.25) is 0 Å². The number of amides is 2. The maximum absolute atomic E-state index is 12.4. The predicted molar refractivity (Wildman–Crippen MR) is 86.3 cm³/mol. The Hall–Kier alpha value is -3.02. The molecular formula is C17H16N2O4. The van der Waals surface area contributed by atoms with Gasteiger partial charge in [-0.2, -0.15) is 0 Å². The van der Waals surface area contributed by atoms with Crippen LogP contribution in [0.15, 0.2) is 42.5 Å². The number of ether oxygens (including phenoxy) is 2. The minimum atomic E-state index is -0.288. The minimum Gasteiger partial charge on any atom is -0.495 e. The van der Waals surface area contributed by atoms with Crippen molar-refractivity contribution in [2.24, 2.45) is 0 Å². The fourth-order valence-corrected chi connectivity index (χ4v) is 2.36. The number of nitrogens with one attached hydrogen (secondary N) is 1. The van der Waals surface area contributed by atoms with Crippen LogP contribution in [0, 0.1) is 0 Å². The van der Waals surface area contributed by atoms with E-state index in [0.717, 1.165) is 0 Å².